The lowest BCUT2D eigenvalue weighted by Crippen LogP contribution is -2.60. The number of carbonyl (C=O) groups excluding carboxylic acids is 1. The van der Waals surface area contributed by atoms with Crippen LogP contribution in [-0.4, -0.2) is 70.0 Å². The summed E-state index contributed by atoms with van der Waals surface area (Å²) in [5, 5.41) is 50.2. The molecule has 1 saturated heterocycles. The molecule has 0 aromatic rings. The van der Waals surface area contributed by atoms with Gasteiger partial charge in [-0.3, -0.25) is 0 Å². The minimum atomic E-state index is -1.55. The number of rotatable bonds is 4. The number of hydrogen-bond acceptors (Lipinski definition) is 9. The van der Waals surface area contributed by atoms with Crippen LogP contribution in [-0.2, 0) is 19.0 Å². The van der Waals surface area contributed by atoms with Crippen LogP contribution in [0.25, 0.3) is 0 Å². The highest BCUT2D eigenvalue weighted by atomic mass is 16.8. The van der Waals surface area contributed by atoms with E-state index in [1.165, 1.54) is 0 Å². The topological polar surface area (TPSA) is 149 Å². The Morgan fingerprint density at radius 3 is 2.60 bits per heavy atom. The van der Waals surface area contributed by atoms with Crippen molar-refractivity contribution in [1.82, 2.24) is 0 Å². The van der Waals surface area contributed by atoms with Gasteiger partial charge in [-0.1, -0.05) is 6.92 Å². The Morgan fingerprint density at radius 2 is 1.96 bits per heavy atom. The molecule has 0 aromatic heterocycles. The van der Waals surface area contributed by atoms with Gasteiger partial charge in [-0.05, 0) is 24.7 Å². The molecular weight excluding hydrogens is 336 g/mol. The van der Waals surface area contributed by atoms with Gasteiger partial charge in [-0.25, -0.2) is 0 Å². The average Bonchev–Trinajstić information content (AvgIpc) is 2.97. The normalized spacial score (nSPS) is 46.9. The summed E-state index contributed by atoms with van der Waals surface area (Å²) < 4.78 is 16.4. The Labute approximate surface area is 144 Å². The number of carboxylic acid groups (broad SMARTS) is 1. The van der Waals surface area contributed by atoms with Crippen LogP contribution < -0.4 is 5.11 Å². The van der Waals surface area contributed by atoms with Gasteiger partial charge in [0.2, 0.25) is 6.29 Å². The highest BCUT2D eigenvalue weighted by molar-refractivity contribution is 5.85. The van der Waals surface area contributed by atoms with Crippen molar-refractivity contribution in [2.24, 2.45) is 17.8 Å². The molecule has 0 unspecified atom stereocenters. The highest BCUT2D eigenvalue weighted by Gasteiger charge is 2.49. The molecule has 9 atom stereocenters. The first-order valence-electron chi connectivity index (χ1n) is 8.38. The fourth-order valence-corrected chi connectivity index (χ4v) is 4.00. The molecule has 25 heavy (non-hydrogen) atoms. The van der Waals surface area contributed by atoms with Crippen molar-refractivity contribution >= 4 is 5.97 Å². The van der Waals surface area contributed by atoms with E-state index in [9.17, 15) is 30.3 Å². The maximum Gasteiger partial charge on any atom is 0.205 e. The van der Waals surface area contributed by atoms with Crippen LogP contribution in [0.2, 0.25) is 0 Å². The third kappa shape index (κ3) is 3.27. The Balaban J connectivity index is 1.77. The molecule has 9 heteroatoms. The van der Waals surface area contributed by atoms with Gasteiger partial charge in [0.25, 0.3) is 0 Å². The minimum absolute atomic E-state index is 0.0861. The largest absolute Gasteiger partial charge is 0.545 e. The number of hydrogen-bond donors (Lipinski definition) is 4. The molecule has 2 aliphatic heterocycles. The maximum atomic E-state index is 11.3. The average molecular weight is 359 g/mol. The SMILES string of the molecule is C[C@H]1CC[C@@H]2C(C(=O)[O-])=CO[C@@H](O[C@@H]3O[C@H](CO)[C@@H](O)[C@H](O)[C@H]3O)[C@@H]21. The van der Waals surface area contributed by atoms with E-state index in [4.69, 9.17) is 14.2 Å². The maximum absolute atomic E-state index is 11.3. The van der Waals surface area contributed by atoms with E-state index in [1.54, 1.807) is 0 Å². The third-order valence-electron chi connectivity index (χ3n) is 5.45. The van der Waals surface area contributed by atoms with Gasteiger partial charge in [0, 0.05) is 11.5 Å². The molecule has 0 spiro atoms. The molecule has 3 aliphatic rings. The number of carboxylic acids is 1. The predicted molar refractivity (Wildman–Crippen MR) is 78.2 cm³/mol. The second-order valence-corrected chi connectivity index (χ2v) is 6.94. The minimum Gasteiger partial charge on any atom is -0.545 e. The number of aliphatic hydroxyl groups excluding tert-OH is 4. The molecule has 3 rings (SSSR count). The zero-order chi connectivity index (χ0) is 18.3. The van der Waals surface area contributed by atoms with Crippen LogP contribution in [0.5, 0.6) is 0 Å². The molecule has 0 radical (unpaired) electrons. The summed E-state index contributed by atoms with van der Waals surface area (Å²) in [6.45, 7) is 1.39. The number of ether oxygens (including phenoxy) is 3. The first-order valence-corrected chi connectivity index (χ1v) is 8.38. The molecule has 0 aromatic carbocycles. The summed E-state index contributed by atoms with van der Waals surface area (Å²) in [6, 6.07) is 0. The van der Waals surface area contributed by atoms with Crippen LogP contribution in [0, 0.1) is 17.8 Å². The summed E-state index contributed by atoms with van der Waals surface area (Å²) in [5.74, 6) is -1.73. The number of aliphatic hydroxyl groups is 4. The fraction of sp³-hybridized carbons (Fsp3) is 0.812. The van der Waals surface area contributed by atoms with Crippen LogP contribution in [0.4, 0.5) is 0 Å². The lowest BCUT2D eigenvalue weighted by Gasteiger charge is -2.43. The molecular formula is C16H23O9-. The highest BCUT2D eigenvalue weighted by Crippen LogP contribution is 2.47. The van der Waals surface area contributed by atoms with E-state index in [2.05, 4.69) is 0 Å². The third-order valence-corrected chi connectivity index (χ3v) is 5.45. The first kappa shape index (κ1) is 18.6. The van der Waals surface area contributed by atoms with E-state index in [-0.39, 0.29) is 23.3 Å². The van der Waals surface area contributed by atoms with Gasteiger partial charge >= 0.3 is 0 Å². The molecule has 2 heterocycles. The molecule has 9 nitrogen and oxygen atoms in total. The van der Waals surface area contributed by atoms with Crippen LogP contribution in [0.1, 0.15) is 19.8 Å². The van der Waals surface area contributed by atoms with E-state index in [1.807, 2.05) is 6.92 Å². The first-order chi connectivity index (χ1) is 11.8. The number of aliphatic carboxylic acids is 1. The lowest BCUT2D eigenvalue weighted by molar-refractivity contribution is -0.343. The van der Waals surface area contributed by atoms with Crippen molar-refractivity contribution in [2.75, 3.05) is 6.61 Å². The van der Waals surface area contributed by atoms with Crippen molar-refractivity contribution in [3.63, 3.8) is 0 Å². The van der Waals surface area contributed by atoms with E-state index >= 15 is 0 Å². The summed E-state index contributed by atoms with van der Waals surface area (Å²) in [7, 11) is 0. The summed E-state index contributed by atoms with van der Waals surface area (Å²) in [4.78, 5) is 11.3. The van der Waals surface area contributed by atoms with Crippen LogP contribution in [0.15, 0.2) is 11.8 Å². The Kier molecular flexibility index (Phi) is 5.33. The molecule has 4 N–H and O–H groups in total. The monoisotopic (exact) mass is 359 g/mol. The summed E-state index contributed by atoms with van der Waals surface area (Å²) in [5.41, 5.74) is 0.0861. The molecule has 0 amide bonds. The number of carbonyl (C=O) groups is 1. The quantitative estimate of drug-likeness (QED) is 0.426. The van der Waals surface area contributed by atoms with Crippen molar-refractivity contribution in [3.8, 4) is 0 Å². The zero-order valence-corrected chi connectivity index (χ0v) is 13.7. The zero-order valence-electron chi connectivity index (χ0n) is 13.7. The Hall–Kier alpha value is -1.23. The predicted octanol–water partition coefficient (Wildman–Crippen LogP) is -2.54. The van der Waals surface area contributed by atoms with Crippen molar-refractivity contribution < 1.29 is 44.5 Å². The van der Waals surface area contributed by atoms with Gasteiger partial charge < -0.3 is 44.5 Å². The van der Waals surface area contributed by atoms with Crippen molar-refractivity contribution in [1.29, 1.82) is 0 Å². The Bertz CT molecular complexity index is 534. The smallest absolute Gasteiger partial charge is 0.205 e. The van der Waals surface area contributed by atoms with E-state index in [0.717, 1.165) is 12.7 Å². The van der Waals surface area contributed by atoms with Gasteiger partial charge in [0.05, 0.1) is 18.8 Å². The van der Waals surface area contributed by atoms with Crippen molar-refractivity contribution in [3.05, 3.63) is 11.8 Å². The summed E-state index contributed by atoms with van der Waals surface area (Å²) in [6.07, 6.45) is -5.31. The molecule has 142 valence electrons. The molecule has 2 fully saturated rings. The summed E-state index contributed by atoms with van der Waals surface area (Å²) >= 11 is 0. The second kappa shape index (κ2) is 7.18. The molecule has 0 bridgehead atoms. The van der Waals surface area contributed by atoms with Crippen molar-refractivity contribution in [2.45, 2.75) is 56.8 Å². The van der Waals surface area contributed by atoms with E-state index in [0.29, 0.717) is 6.42 Å². The van der Waals surface area contributed by atoms with Crippen LogP contribution in [0.3, 0.4) is 0 Å². The fourth-order valence-electron chi connectivity index (χ4n) is 4.00. The van der Waals surface area contributed by atoms with Gasteiger partial charge in [-0.2, -0.15) is 0 Å². The van der Waals surface area contributed by atoms with Crippen LogP contribution >= 0.6 is 0 Å². The molecule has 1 saturated carbocycles. The van der Waals surface area contributed by atoms with E-state index < -0.39 is 49.6 Å². The second-order valence-electron chi connectivity index (χ2n) is 6.94. The van der Waals surface area contributed by atoms with Gasteiger partial charge in [0.15, 0.2) is 6.29 Å². The van der Waals surface area contributed by atoms with Gasteiger partial charge in [0.1, 0.15) is 24.4 Å². The number of fused-ring (bicyclic) bond motifs is 1. The molecule has 1 aliphatic carbocycles. The standard InChI is InChI=1S/C16H24O9/c1-6-2-3-7-8(14(21)22)5-23-15(10(6)7)25-16-13(20)12(19)11(18)9(4-17)24-16/h5-7,9-13,15-20H,2-4H2,1H3,(H,21,22)/p-1/t6-,7+,9+,10+,11+,12-,13+,15-,16-/m0/s1. The van der Waals surface area contributed by atoms with Gasteiger partial charge in [-0.15, -0.1) is 0 Å². The lowest BCUT2D eigenvalue weighted by atomic mass is 9.83. The Morgan fingerprint density at radius 1 is 1.24 bits per heavy atom.